The fraction of sp³-hybridized carbons (Fsp3) is 0.222. The zero-order valence-corrected chi connectivity index (χ0v) is 11.9. The number of carboxylic acids is 1. The van der Waals surface area contributed by atoms with Crippen LogP contribution in [0.4, 0.5) is 0 Å². The Kier molecular flexibility index (Phi) is 4.24. The first-order chi connectivity index (χ1) is 6.61. The summed E-state index contributed by atoms with van der Waals surface area (Å²) in [5.41, 5.74) is 1.80. The number of aromatic nitrogens is 1. The molecule has 0 spiro atoms. The monoisotopic (exact) mass is 398 g/mol. The molecular formula is C9H9NO2VW. The van der Waals surface area contributed by atoms with Crippen molar-refractivity contribution in [3.63, 3.8) is 0 Å². The molecule has 0 fully saturated rings. The molecule has 0 saturated carbocycles. The van der Waals surface area contributed by atoms with Crippen LogP contribution in [0.1, 0.15) is 18.2 Å². The molecule has 14 heavy (non-hydrogen) atoms. The summed E-state index contributed by atoms with van der Waals surface area (Å²) in [6.07, 6.45) is 1.92. The molecule has 1 aromatic heterocycles. The molecule has 0 aliphatic carbocycles. The molecule has 0 unspecified atom stereocenters. The number of hydrogen-bond donors (Lipinski definition) is 1. The van der Waals surface area contributed by atoms with Gasteiger partial charge < -0.3 is 0 Å². The number of hydrogen-bond acceptors (Lipinski definition) is 1. The topological polar surface area (TPSA) is 42.2 Å². The zero-order chi connectivity index (χ0) is 10.7. The van der Waals surface area contributed by atoms with Gasteiger partial charge in [0.25, 0.3) is 0 Å². The first kappa shape index (κ1) is 11.8. The third-order valence-corrected chi connectivity index (χ3v) is 3.64. The number of rotatable bonds is 4. The Labute approximate surface area is 102 Å². The third-order valence-electron chi connectivity index (χ3n) is 1.88. The van der Waals surface area contributed by atoms with Crippen LogP contribution < -0.4 is 0 Å². The molecule has 0 aliphatic rings. The summed E-state index contributed by atoms with van der Waals surface area (Å²) in [4.78, 5) is 10.9. The van der Waals surface area contributed by atoms with Crippen molar-refractivity contribution in [2.75, 3.05) is 0 Å². The number of nitrogens with zero attached hydrogens (tertiary/aromatic N) is 1. The van der Waals surface area contributed by atoms with Gasteiger partial charge in [-0.05, 0) is 0 Å². The van der Waals surface area contributed by atoms with Gasteiger partial charge in [-0.1, -0.05) is 0 Å². The number of carboxylic acid groups (broad SMARTS) is 1. The van der Waals surface area contributed by atoms with Crippen molar-refractivity contribution >= 4 is 14.6 Å². The molecule has 0 aromatic carbocycles. The average Bonchev–Trinajstić information content (AvgIpc) is 2.58. The van der Waals surface area contributed by atoms with Crippen LogP contribution in [0.25, 0.3) is 0 Å². The van der Waals surface area contributed by atoms with E-state index in [0.717, 1.165) is 37.2 Å². The fourth-order valence-electron chi connectivity index (χ4n) is 1.22. The van der Waals surface area contributed by atoms with Crippen molar-refractivity contribution in [2.45, 2.75) is 13.5 Å². The van der Waals surface area contributed by atoms with Gasteiger partial charge in [0, 0.05) is 0 Å². The van der Waals surface area contributed by atoms with Crippen molar-refractivity contribution in [1.29, 1.82) is 0 Å². The normalized spacial score (nSPS) is 9.71. The SMILES string of the molecule is CCn1ccc([CH]=[V])c1[C](=[W])C(=O)O. The van der Waals surface area contributed by atoms with Crippen LogP contribution in [-0.2, 0) is 47.7 Å². The Morgan fingerprint density at radius 2 is 2.43 bits per heavy atom. The summed E-state index contributed by atoms with van der Waals surface area (Å²) in [5.74, 6) is -0.830. The van der Waals surface area contributed by atoms with Gasteiger partial charge in [-0.2, -0.15) is 0 Å². The quantitative estimate of drug-likeness (QED) is 0.797. The van der Waals surface area contributed by atoms with E-state index in [-0.39, 0.29) is 0 Å². The van der Waals surface area contributed by atoms with E-state index in [1.807, 2.05) is 28.5 Å². The molecule has 0 atom stereocenters. The van der Waals surface area contributed by atoms with Crippen molar-refractivity contribution in [3.05, 3.63) is 23.5 Å². The number of carbonyl (C=O) groups is 1. The zero-order valence-electron chi connectivity index (χ0n) is 7.60. The molecular weight excluding hydrogens is 389 g/mol. The van der Waals surface area contributed by atoms with Crippen LogP contribution in [0.15, 0.2) is 12.3 Å². The molecule has 5 heteroatoms. The van der Waals surface area contributed by atoms with Gasteiger partial charge in [0.1, 0.15) is 0 Å². The second-order valence-electron chi connectivity index (χ2n) is 2.67. The van der Waals surface area contributed by atoms with Crippen molar-refractivity contribution in [1.82, 2.24) is 4.57 Å². The summed E-state index contributed by atoms with van der Waals surface area (Å²) in [6, 6.07) is 1.93. The first-order valence-corrected chi connectivity index (χ1v) is 6.33. The molecule has 1 aromatic rings. The molecule has 0 radical (unpaired) electrons. The predicted octanol–water partition coefficient (Wildman–Crippen LogP) is 0.357. The second kappa shape index (κ2) is 5.02. The Morgan fingerprint density at radius 3 is 2.86 bits per heavy atom. The predicted molar refractivity (Wildman–Crippen MR) is 47.0 cm³/mol. The first-order valence-electron chi connectivity index (χ1n) is 4.06. The minimum absolute atomic E-state index is 0.467. The molecule has 0 amide bonds. The molecule has 1 heterocycles. The Bertz CT molecular complexity index is 398. The van der Waals surface area contributed by atoms with E-state index in [4.69, 9.17) is 5.11 Å². The summed E-state index contributed by atoms with van der Waals surface area (Å²) in [7, 11) is 0. The maximum absolute atomic E-state index is 10.9. The molecule has 73 valence electrons. The van der Waals surface area contributed by atoms with Crippen LogP contribution in [-0.4, -0.2) is 24.3 Å². The minimum atomic E-state index is -0.830. The Morgan fingerprint density at radius 1 is 1.79 bits per heavy atom. The van der Waals surface area contributed by atoms with E-state index >= 15 is 0 Å². The van der Waals surface area contributed by atoms with E-state index < -0.39 is 5.97 Å². The van der Waals surface area contributed by atoms with Crippen LogP contribution >= 0.6 is 0 Å². The van der Waals surface area contributed by atoms with Crippen LogP contribution in [0, 0.1) is 0 Å². The van der Waals surface area contributed by atoms with Crippen LogP contribution in [0.3, 0.4) is 0 Å². The van der Waals surface area contributed by atoms with Crippen molar-refractivity contribution < 1.29 is 46.2 Å². The van der Waals surface area contributed by atoms with Crippen molar-refractivity contribution in [3.8, 4) is 0 Å². The van der Waals surface area contributed by atoms with Gasteiger partial charge in [0.05, 0.1) is 0 Å². The van der Waals surface area contributed by atoms with Gasteiger partial charge >= 0.3 is 102 Å². The molecule has 1 N–H and O–H groups in total. The maximum atomic E-state index is 10.9. The van der Waals surface area contributed by atoms with Gasteiger partial charge in [-0.3, -0.25) is 0 Å². The van der Waals surface area contributed by atoms with Crippen LogP contribution in [0.5, 0.6) is 0 Å². The van der Waals surface area contributed by atoms with E-state index in [1.165, 1.54) is 0 Å². The molecule has 0 bridgehead atoms. The summed E-state index contributed by atoms with van der Waals surface area (Å²) < 4.78 is 4.30. The van der Waals surface area contributed by atoms with Crippen molar-refractivity contribution in [2.24, 2.45) is 0 Å². The molecule has 0 saturated heterocycles. The van der Waals surface area contributed by atoms with Crippen LogP contribution in [0.2, 0.25) is 0 Å². The van der Waals surface area contributed by atoms with Gasteiger partial charge in [-0.15, -0.1) is 0 Å². The summed E-state index contributed by atoms with van der Waals surface area (Å²) in [5, 5.41) is 8.95. The summed E-state index contributed by atoms with van der Waals surface area (Å²) >= 11 is 3.34. The van der Waals surface area contributed by atoms with E-state index in [0.29, 0.717) is 3.90 Å². The molecule has 1 rings (SSSR count). The van der Waals surface area contributed by atoms with Gasteiger partial charge in [0.15, 0.2) is 0 Å². The fourth-order valence-corrected chi connectivity index (χ4v) is 2.39. The van der Waals surface area contributed by atoms with E-state index in [2.05, 4.69) is 17.0 Å². The third kappa shape index (κ3) is 2.22. The molecule has 0 aliphatic heterocycles. The van der Waals surface area contributed by atoms with E-state index in [1.54, 1.807) is 0 Å². The number of aliphatic carboxylic acids is 1. The molecule has 3 nitrogen and oxygen atoms in total. The summed E-state index contributed by atoms with van der Waals surface area (Å²) in [6.45, 7) is 2.79. The Balaban J connectivity index is 3.28. The second-order valence-corrected chi connectivity index (χ2v) is 4.54. The number of aryl methyl sites for hydroxylation is 1. The van der Waals surface area contributed by atoms with Gasteiger partial charge in [-0.25, -0.2) is 0 Å². The van der Waals surface area contributed by atoms with Gasteiger partial charge in [0.2, 0.25) is 0 Å². The standard InChI is InChI=1S/C9H9NO2.V.W/c1-3-10-5-4-7(2)8(10)6-9(11)12;;/h2,4-5H,3H2,1H3,(H,11,12);;. The van der Waals surface area contributed by atoms with E-state index in [9.17, 15) is 4.79 Å². The Hall–Kier alpha value is -0.237. The average molecular weight is 398 g/mol.